The van der Waals surface area contributed by atoms with Crippen LogP contribution in [0.4, 0.5) is 0 Å². The van der Waals surface area contributed by atoms with E-state index in [0.29, 0.717) is 36.7 Å². The van der Waals surface area contributed by atoms with Gasteiger partial charge in [0.2, 0.25) is 11.8 Å². The first-order valence-electron chi connectivity index (χ1n) is 7.36. The molecule has 0 aromatic heterocycles. The normalized spacial score (nSPS) is 33.6. The van der Waals surface area contributed by atoms with Crippen LogP contribution < -0.4 is 0 Å². The van der Waals surface area contributed by atoms with Crippen molar-refractivity contribution in [2.45, 2.75) is 63.5 Å². The average molecular weight is 250 g/mol. The van der Waals surface area contributed by atoms with Crippen LogP contribution in [-0.4, -0.2) is 46.8 Å². The predicted molar refractivity (Wildman–Crippen MR) is 67.9 cm³/mol. The lowest BCUT2D eigenvalue weighted by molar-refractivity contribution is -0.137. The molecule has 2 saturated heterocycles. The molecule has 100 valence electrons. The van der Waals surface area contributed by atoms with Gasteiger partial charge in [-0.15, -0.1) is 0 Å². The van der Waals surface area contributed by atoms with E-state index in [1.165, 1.54) is 12.8 Å². The third-order valence-electron chi connectivity index (χ3n) is 4.71. The van der Waals surface area contributed by atoms with Crippen molar-refractivity contribution >= 4 is 11.8 Å². The van der Waals surface area contributed by atoms with Crippen molar-refractivity contribution in [3.63, 3.8) is 0 Å². The highest BCUT2D eigenvalue weighted by Crippen LogP contribution is 2.32. The number of carbonyl (C=O) groups is 2. The first kappa shape index (κ1) is 12.0. The first-order valence-corrected chi connectivity index (χ1v) is 7.36. The maximum absolute atomic E-state index is 11.9. The number of likely N-dealkylation sites (tertiary alicyclic amines) is 2. The summed E-state index contributed by atoms with van der Waals surface area (Å²) >= 11 is 0. The molecule has 0 spiro atoms. The number of carbonyl (C=O) groups excluding carboxylic acids is 2. The number of nitrogens with zero attached hydrogens (tertiary/aromatic N) is 2. The Balaban J connectivity index is 1.77. The molecule has 2 amide bonds. The van der Waals surface area contributed by atoms with Crippen molar-refractivity contribution < 1.29 is 9.59 Å². The van der Waals surface area contributed by atoms with Crippen LogP contribution in [-0.2, 0) is 9.59 Å². The summed E-state index contributed by atoms with van der Waals surface area (Å²) in [6.45, 7) is 1.81. The molecule has 3 rings (SSSR count). The lowest BCUT2D eigenvalue weighted by Crippen LogP contribution is -2.54. The smallest absolute Gasteiger partial charge is 0.222 e. The van der Waals surface area contributed by atoms with E-state index in [0.717, 1.165) is 38.8 Å². The third kappa shape index (κ3) is 2.02. The zero-order valence-electron chi connectivity index (χ0n) is 10.9. The molecule has 0 aromatic carbocycles. The van der Waals surface area contributed by atoms with Gasteiger partial charge < -0.3 is 9.80 Å². The molecule has 2 atom stereocenters. The summed E-state index contributed by atoms with van der Waals surface area (Å²) in [7, 11) is 0. The van der Waals surface area contributed by atoms with Gasteiger partial charge in [-0.25, -0.2) is 0 Å². The molecule has 2 heterocycles. The van der Waals surface area contributed by atoms with E-state index >= 15 is 0 Å². The van der Waals surface area contributed by atoms with Crippen molar-refractivity contribution in [1.29, 1.82) is 0 Å². The lowest BCUT2D eigenvalue weighted by Gasteiger charge is -2.42. The molecule has 0 bridgehead atoms. The van der Waals surface area contributed by atoms with Crippen molar-refractivity contribution in [2.75, 3.05) is 13.1 Å². The minimum atomic E-state index is 0.302. The fourth-order valence-electron chi connectivity index (χ4n) is 3.86. The van der Waals surface area contributed by atoms with Gasteiger partial charge in [0.05, 0.1) is 12.1 Å². The Kier molecular flexibility index (Phi) is 3.27. The van der Waals surface area contributed by atoms with Crippen LogP contribution in [0.5, 0.6) is 0 Å². The van der Waals surface area contributed by atoms with E-state index < -0.39 is 0 Å². The van der Waals surface area contributed by atoms with Crippen molar-refractivity contribution in [3.8, 4) is 0 Å². The molecule has 1 aliphatic carbocycles. The standard InChI is InChI=1S/C14H22N2O2/c17-13-7-3-9-15(13)11-5-1-2-6-12(11)16-10-4-8-14(16)18/h11-12H,1-10H2/t11-,12-/m1/s1. The predicted octanol–water partition coefficient (Wildman–Crippen LogP) is 1.54. The molecule has 18 heavy (non-hydrogen) atoms. The quantitative estimate of drug-likeness (QED) is 0.746. The third-order valence-corrected chi connectivity index (χ3v) is 4.71. The second-order valence-corrected chi connectivity index (χ2v) is 5.80. The summed E-state index contributed by atoms with van der Waals surface area (Å²) in [5, 5.41) is 0. The Bertz CT molecular complexity index is 322. The molecule has 0 aromatic rings. The average Bonchev–Trinajstić information content (AvgIpc) is 2.98. The Morgan fingerprint density at radius 1 is 0.722 bits per heavy atom. The maximum Gasteiger partial charge on any atom is 0.222 e. The summed E-state index contributed by atoms with van der Waals surface area (Å²) in [5.74, 6) is 0.608. The fourth-order valence-corrected chi connectivity index (χ4v) is 3.86. The van der Waals surface area contributed by atoms with Crippen molar-refractivity contribution in [2.24, 2.45) is 0 Å². The molecule has 3 aliphatic rings. The first-order chi connectivity index (χ1) is 8.77. The molecule has 2 aliphatic heterocycles. The minimum Gasteiger partial charge on any atom is -0.338 e. The van der Waals surface area contributed by atoms with E-state index in [1.807, 2.05) is 0 Å². The summed E-state index contributed by atoms with van der Waals surface area (Å²) in [6, 6.07) is 0.603. The van der Waals surface area contributed by atoms with Gasteiger partial charge in [-0.2, -0.15) is 0 Å². The second-order valence-electron chi connectivity index (χ2n) is 5.80. The highest BCUT2D eigenvalue weighted by atomic mass is 16.2. The van der Waals surface area contributed by atoms with Crippen LogP contribution in [0.15, 0.2) is 0 Å². The summed E-state index contributed by atoms with van der Waals surface area (Å²) < 4.78 is 0. The SMILES string of the molecule is O=C1CCCN1[C@@H]1CCCC[C@H]1N1CCCC1=O. The zero-order valence-corrected chi connectivity index (χ0v) is 10.9. The van der Waals surface area contributed by atoms with Gasteiger partial charge in [0.1, 0.15) is 0 Å². The monoisotopic (exact) mass is 250 g/mol. The van der Waals surface area contributed by atoms with Crippen LogP contribution in [0.25, 0.3) is 0 Å². The van der Waals surface area contributed by atoms with Crippen LogP contribution in [0.1, 0.15) is 51.4 Å². The summed E-state index contributed by atoms with van der Waals surface area (Å²) in [5.41, 5.74) is 0. The highest BCUT2D eigenvalue weighted by molar-refractivity contribution is 5.80. The zero-order chi connectivity index (χ0) is 12.5. The molecule has 4 heteroatoms. The summed E-state index contributed by atoms with van der Waals surface area (Å²) in [6.07, 6.45) is 7.97. The van der Waals surface area contributed by atoms with Gasteiger partial charge in [-0.3, -0.25) is 9.59 Å². The fraction of sp³-hybridized carbons (Fsp3) is 0.857. The van der Waals surface area contributed by atoms with Crippen LogP contribution >= 0.6 is 0 Å². The second kappa shape index (κ2) is 4.90. The van der Waals surface area contributed by atoms with Gasteiger partial charge in [0.25, 0.3) is 0 Å². The van der Waals surface area contributed by atoms with Crippen LogP contribution in [0.2, 0.25) is 0 Å². The number of hydrogen-bond donors (Lipinski definition) is 0. The van der Waals surface area contributed by atoms with Gasteiger partial charge in [-0.05, 0) is 25.7 Å². The highest BCUT2D eigenvalue weighted by Gasteiger charge is 2.40. The molecule has 4 nitrogen and oxygen atoms in total. The minimum absolute atomic E-state index is 0.302. The Morgan fingerprint density at radius 2 is 1.17 bits per heavy atom. The van der Waals surface area contributed by atoms with E-state index in [9.17, 15) is 9.59 Å². The van der Waals surface area contributed by atoms with Crippen molar-refractivity contribution in [1.82, 2.24) is 9.80 Å². The van der Waals surface area contributed by atoms with E-state index in [4.69, 9.17) is 0 Å². The molecule has 1 saturated carbocycles. The molecule has 0 N–H and O–H groups in total. The van der Waals surface area contributed by atoms with Gasteiger partial charge in [0.15, 0.2) is 0 Å². The van der Waals surface area contributed by atoms with E-state index in [1.54, 1.807) is 0 Å². The summed E-state index contributed by atoms with van der Waals surface area (Å²) in [4.78, 5) is 28.0. The van der Waals surface area contributed by atoms with E-state index in [2.05, 4.69) is 9.80 Å². The van der Waals surface area contributed by atoms with Crippen molar-refractivity contribution in [3.05, 3.63) is 0 Å². The molecular weight excluding hydrogens is 228 g/mol. The van der Waals surface area contributed by atoms with Gasteiger partial charge in [0, 0.05) is 25.9 Å². The number of hydrogen-bond acceptors (Lipinski definition) is 2. The largest absolute Gasteiger partial charge is 0.338 e. The number of amides is 2. The van der Waals surface area contributed by atoms with Gasteiger partial charge in [-0.1, -0.05) is 12.8 Å². The lowest BCUT2D eigenvalue weighted by atomic mass is 9.88. The molecular formula is C14H22N2O2. The number of rotatable bonds is 2. The van der Waals surface area contributed by atoms with Crippen LogP contribution in [0.3, 0.4) is 0 Å². The molecule has 3 fully saturated rings. The van der Waals surface area contributed by atoms with E-state index in [-0.39, 0.29) is 0 Å². The topological polar surface area (TPSA) is 40.6 Å². The maximum atomic E-state index is 11.9. The Morgan fingerprint density at radius 3 is 1.50 bits per heavy atom. The Labute approximate surface area is 108 Å². The Hall–Kier alpha value is -1.06. The molecule has 0 unspecified atom stereocenters. The molecule has 0 radical (unpaired) electrons. The van der Waals surface area contributed by atoms with Gasteiger partial charge >= 0.3 is 0 Å². The van der Waals surface area contributed by atoms with Crippen LogP contribution in [0, 0.1) is 0 Å².